The minimum atomic E-state index is -1.64. The molecule has 176 valence electrons. The second kappa shape index (κ2) is 9.57. The lowest BCUT2D eigenvalue weighted by Gasteiger charge is -2.41. The summed E-state index contributed by atoms with van der Waals surface area (Å²) in [6.07, 6.45) is -2.94. The van der Waals surface area contributed by atoms with Gasteiger partial charge in [0.1, 0.15) is 41.3 Å². The van der Waals surface area contributed by atoms with Crippen LogP contribution in [0.25, 0.3) is 11.3 Å². The van der Waals surface area contributed by atoms with Crippen molar-refractivity contribution in [1.29, 1.82) is 0 Å². The van der Waals surface area contributed by atoms with Crippen molar-refractivity contribution in [3.05, 3.63) is 64.8 Å². The SMILES string of the molecule is OCC1OC(Sc2cc(Cl)ccc2F)C(O)C(n2cc(-c3cc(F)c(F)c(F)c3)nn2)C1O. The van der Waals surface area contributed by atoms with Crippen molar-refractivity contribution in [1.82, 2.24) is 15.0 Å². The molecule has 0 bridgehead atoms. The number of hydrogen-bond donors (Lipinski definition) is 3. The van der Waals surface area contributed by atoms with Gasteiger partial charge in [0, 0.05) is 15.5 Å². The van der Waals surface area contributed by atoms with Crippen LogP contribution in [0.4, 0.5) is 17.6 Å². The highest BCUT2D eigenvalue weighted by Gasteiger charge is 2.46. The summed E-state index contributed by atoms with van der Waals surface area (Å²) in [5.41, 5.74) is -1.35. The number of aromatic nitrogens is 3. The Morgan fingerprint density at radius 1 is 1.03 bits per heavy atom. The lowest BCUT2D eigenvalue weighted by molar-refractivity contribution is -0.178. The zero-order valence-electron chi connectivity index (χ0n) is 16.4. The molecule has 1 aromatic heterocycles. The van der Waals surface area contributed by atoms with Gasteiger partial charge in [-0.25, -0.2) is 22.2 Å². The van der Waals surface area contributed by atoms with E-state index < -0.39 is 59.7 Å². The maximum atomic E-state index is 14.2. The van der Waals surface area contributed by atoms with Gasteiger partial charge in [-0.2, -0.15) is 0 Å². The molecule has 0 saturated carbocycles. The van der Waals surface area contributed by atoms with Crippen molar-refractivity contribution in [3.63, 3.8) is 0 Å². The number of aliphatic hydroxyl groups is 3. The van der Waals surface area contributed by atoms with Gasteiger partial charge in [-0.05, 0) is 30.3 Å². The minimum absolute atomic E-state index is 0.0647. The van der Waals surface area contributed by atoms with Gasteiger partial charge >= 0.3 is 0 Å². The second-order valence-electron chi connectivity index (χ2n) is 7.23. The molecule has 2 aromatic carbocycles. The topological polar surface area (TPSA) is 101 Å². The number of halogens is 5. The molecule has 0 radical (unpaired) electrons. The summed E-state index contributed by atoms with van der Waals surface area (Å²) >= 11 is 6.69. The van der Waals surface area contributed by atoms with E-state index in [1.54, 1.807) is 0 Å². The van der Waals surface area contributed by atoms with Crippen LogP contribution in [0.15, 0.2) is 41.4 Å². The van der Waals surface area contributed by atoms with E-state index in [-0.39, 0.29) is 21.2 Å². The number of thioether (sulfide) groups is 1. The van der Waals surface area contributed by atoms with Gasteiger partial charge in [-0.1, -0.05) is 28.6 Å². The lowest BCUT2D eigenvalue weighted by atomic mass is 9.97. The van der Waals surface area contributed by atoms with E-state index >= 15 is 0 Å². The summed E-state index contributed by atoms with van der Waals surface area (Å²) in [5, 5.41) is 39.0. The molecular weight excluding hydrogens is 490 g/mol. The molecule has 1 saturated heterocycles. The number of benzene rings is 2. The van der Waals surface area contributed by atoms with Crippen LogP contribution in [0.5, 0.6) is 0 Å². The van der Waals surface area contributed by atoms with Gasteiger partial charge < -0.3 is 20.1 Å². The molecule has 1 aliphatic heterocycles. The Kier molecular flexibility index (Phi) is 6.93. The number of aliphatic hydroxyl groups excluding tert-OH is 3. The standard InChI is InChI=1S/C20H16ClF4N3O4S/c21-9-1-2-10(22)15(5-9)33-20-19(31)17(18(30)14(7-29)32-20)28-6-13(26-27-28)8-3-11(23)16(25)12(24)4-8/h1-6,14,17-20,29-31H,7H2. The molecule has 0 spiro atoms. The van der Waals surface area contributed by atoms with Gasteiger partial charge in [0.25, 0.3) is 0 Å². The minimum Gasteiger partial charge on any atom is -0.394 e. The Morgan fingerprint density at radius 3 is 2.39 bits per heavy atom. The number of hydrogen-bond acceptors (Lipinski definition) is 7. The van der Waals surface area contributed by atoms with Crippen molar-refractivity contribution in [2.75, 3.05) is 6.61 Å². The highest BCUT2D eigenvalue weighted by Crippen LogP contribution is 2.39. The van der Waals surface area contributed by atoms with Gasteiger partial charge in [-0.15, -0.1) is 5.10 Å². The van der Waals surface area contributed by atoms with Crippen LogP contribution >= 0.6 is 23.4 Å². The average Bonchev–Trinajstić information content (AvgIpc) is 3.26. The van der Waals surface area contributed by atoms with Gasteiger partial charge in [0.2, 0.25) is 0 Å². The molecule has 5 atom stereocenters. The molecule has 0 aliphatic carbocycles. The van der Waals surface area contributed by atoms with E-state index in [9.17, 15) is 32.9 Å². The third-order valence-corrected chi connectivity index (χ3v) is 6.50. The third-order valence-electron chi connectivity index (χ3n) is 5.08. The molecular formula is C20H16ClF4N3O4S. The zero-order chi connectivity index (χ0) is 23.9. The quantitative estimate of drug-likeness (QED) is 0.362. The average molecular weight is 506 g/mol. The predicted molar refractivity (Wildman–Crippen MR) is 109 cm³/mol. The number of nitrogens with zero attached hydrogens (tertiary/aromatic N) is 3. The van der Waals surface area contributed by atoms with E-state index in [4.69, 9.17) is 16.3 Å². The molecule has 33 heavy (non-hydrogen) atoms. The fraction of sp³-hybridized carbons (Fsp3) is 0.300. The van der Waals surface area contributed by atoms with Crippen LogP contribution in [0, 0.1) is 23.3 Å². The molecule has 2 heterocycles. The maximum Gasteiger partial charge on any atom is 0.194 e. The summed E-state index contributed by atoms with van der Waals surface area (Å²) in [5.74, 6) is -5.11. The summed E-state index contributed by atoms with van der Waals surface area (Å²) in [4.78, 5) is 0.0647. The van der Waals surface area contributed by atoms with Crippen LogP contribution in [-0.2, 0) is 4.74 Å². The van der Waals surface area contributed by atoms with Crippen LogP contribution < -0.4 is 0 Å². The molecule has 13 heteroatoms. The van der Waals surface area contributed by atoms with Crippen molar-refractivity contribution < 1.29 is 37.6 Å². The van der Waals surface area contributed by atoms with E-state index in [0.717, 1.165) is 34.6 Å². The highest BCUT2D eigenvalue weighted by molar-refractivity contribution is 7.99. The van der Waals surface area contributed by atoms with E-state index in [0.29, 0.717) is 0 Å². The van der Waals surface area contributed by atoms with Gasteiger partial charge in [-0.3, -0.25) is 0 Å². The predicted octanol–water partition coefficient (Wildman–Crippen LogP) is 2.93. The Morgan fingerprint density at radius 2 is 1.73 bits per heavy atom. The molecule has 1 aliphatic rings. The fourth-order valence-electron chi connectivity index (χ4n) is 3.43. The Labute approximate surface area is 193 Å². The van der Waals surface area contributed by atoms with E-state index in [2.05, 4.69) is 10.3 Å². The first-order valence-corrected chi connectivity index (χ1v) is 10.8. The molecule has 5 unspecified atom stereocenters. The van der Waals surface area contributed by atoms with Crippen molar-refractivity contribution >= 4 is 23.4 Å². The Hall–Kier alpha value is -2.22. The van der Waals surface area contributed by atoms with Crippen molar-refractivity contribution in [2.45, 2.75) is 34.7 Å². The lowest BCUT2D eigenvalue weighted by Crippen LogP contribution is -2.55. The van der Waals surface area contributed by atoms with Crippen molar-refractivity contribution in [3.8, 4) is 11.3 Å². The maximum absolute atomic E-state index is 14.2. The first-order valence-electron chi connectivity index (χ1n) is 9.50. The Balaban J connectivity index is 1.65. The first kappa shape index (κ1) is 23.9. The fourth-order valence-corrected chi connectivity index (χ4v) is 4.79. The summed E-state index contributed by atoms with van der Waals surface area (Å²) < 4.78 is 61.2. The third kappa shape index (κ3) is 4.72. The molecule has 4 rings (SSSR count). The van der Waals surface area contributed by atoms with Crippen LogP contribution in [0.2, 0.25) is 5.02 Å². The normalized spacial score (nSPS) is 25.4. The van der Waals surface area contributed by atoms with Gasteiger partial charge in [0.05, 0.1) is 12.8 Å². The highest BCUT2D eigenvalue weighted by atomic mass is 35.5. The van der Waals surface area contributed by atoms with E-state index in [1.807, 2.05) is 0 Å². The molecule has 3 N–H and O–H groups in total. The summed E-state index contributed by atoms with van der Waals surface area (Å²) in [7, 11) is 0. The summed E-state index contributed by atoms with van der Waals surface area (Å²) in [6, 6.07) is 4.03. The van der Waals surface area contributed by atoms with Crippen molar-refractivity contribution in [2.24, 2.45) is 0 Å². The second-order valence-corrected chi connectivity index (χ2v) is 8.80. The zero-order valence-corrected chi connectivity index (χ0v) is 18.0. The molecule has 3 aromatic rings. The van der Waals surface area contributed by atoms with Crippen LogP contribution in [0.1, 0.15) is 6.04 Å². The smallest absolute Gasteiger partial charge is 0.194 e. The largest absolute Gasteiger partial charge is 0.394 e. The first-order chi connectivity index (χ1) is 15.7. The molecule has 0 amide bonds. The van der Waals surface area contributed by atoms with Crippen LogP contribution in [0.3, 0.4) is 0 Å². The van der Waals surface area contributed by atoms with Gasteiger partial charge in [0.15, 0.2) is 17.5 Å². The number of rotatable bonds is 5. The summed E-state index contributed by atoms with van der Waals surface area (Å²) in [6.45, 7) is -0.630. The monoisotopic (exact) mass is 505 g/mol. The molecule has 1 fully saturated rings. The van der Waals surface area contributed by atoms with Crippen LogP contribution in [-0.4, -0.2) is 60.7 Å². The Bertz CT molecular complexity index is 1150. The number of ether oxygens (including phenoxy) is 1. The van der Waals surface area contributed by atoms with E-state index in [1.165, 1.54) is 18.3 Å². The molecule has 7 nitrogen and oxygen atoms in total.